The Morgan fingerprint density at radius 3 is 1.79 bits per heavy atom. The monoisotopic (exact) mass is 613 g/mol. The first-order valence-electron chi connectivity index (χ1n) is 12.3. The number of alkyl halides is 6. The van der Waals surface area contributed by atoms with Crippen molar-refractivity contribution in [1.29, 1.82) is 0 Å². The van der Waals surface area contributed by atoms with Crippen molar-refractivity contribution in [2.24, 2.45) is 7.05 Å². The molecule has 0 amide bonds. The fraction of sp³-hybridized carbons (Fsp3) is 0.250. The molecule has 0 aliphatic heterocycles. The van der Waals surface area contributed by atoms with Gasteiger partial charge >= 0.3 is 12.7 Å². The Labute approximate surface area is 237 Å². The third kappa shape index (κ3) is 7.62. The molecule has 4 aromatic rings. The molecule has 7 nitrogen and oxygen atoms in total. The van der Waals surface area contributed by atoms with E-state index in [0.717, 1.165) is 24.3 Å². The van der Waals surface area contributed by atoms with Crippen molar-refractivity contribution in [3.8, 4) is 11.5 Å². The van der Waals surface area contributed by atoms with Gasteiger partial charge in [-0.15, -0.1) is 26.3 Å². The number of sulfonamides is 1. The molecule has 0 spiro atoms. The first-order valence-corrected chi connectivity index (χ1v) is 13.8. The maximum Gasteiger partial charge on any atom is 0.573 e. The van der Waals surface area contributed by atoms with Crippen LogP contribution in [0.3, 0.4) is 0 Å². The van der Waals surface area contributed by atoms with Crippen molar-refractivity contribution in [3.63, 3.8) is 0 Å². The van der Waals surface area contributed by atoms with E-state index in [2.05, 4.69) is 19.2 Å². The van der Waals surface area contributed by atoms with Crippen LogP contribution in [-0.4, -0.2) is 37.2 Å². The van der Waals surface area contributed by atoms with Gasteiger partial charge in [0.25, 0.3) is 10.0 Å². The fourth-order valence-corrected chi connectivity index (χ4v) is 5.64. The average molecular weight is 614 g/mol. The summed E-state index contributed by atoms with van der Waals surface area (Å²) < 4.78 is 118. The van der Waals surface area contributed by atoms with E-state index in [1.807, 2.05) is 0 Å². The van der Waals surface area contributed by atoms with Crippen LogP contribution >= 0.6 is 0 Å². The highest BCUT2D eigenvalue weighted by Gasteiger charge is 2.39. The number of nitrogens with one attached hydrogen (secondary N) is 1. The number of imidazole rings is 1. The maximum absolute atomic E-state index is 13.3. The Balaban J connectivity index is 1.92. The third-order valence-electron chi connectivity index (χ3n) is 6.51. The highest BCUT2D eigenvalue weighted by Crippen LogP contribution is 2.40. The van der Waals surface area contributed by atoms with E-state index >= 15 is 0 Å². The van der Waals surface area contributed by atoms with Gasteiger partial charge in [0.05, 0.1) is 0 Å². The molecule has 4 rings (SSSR count). The van der Waals surface area contributed by atoms with E-state index in [9.17, 15) is 34.8 Å². The first kappa shape index (κ1) is 30.9. The molecule has 0 aliphatic carbocycles. The molecule has 224 valence electrons. The lowest BCUT2D eigenvalue weighted by molar-refractivity contribution is -0.275. The topological polar surface area (TPSA) is 82.5 Å². The molecule has 0 bridgehead atoms. The second kappa shape index (κ2) is 11.7. The number of ether oxygens (including phenoxy) is 2. The van der Waals surface area contributed by atoms with Crippen molar-refractivity contribution in [2.75, 3.05) is 6.54 Å². The second-order valence-corrected chi connectivity index (χ2v) is 11.2. The van der Waals surface area contributed by atoms with Crippen LogP contribution in [0.5, 0.6) is 11.5 Å². The fourth-order valence-electron chi connectivity index (χ4n) is 4.51. The van der Waals surface area contributed by atoms with Crippen LogP contribution < -0.4 is 14.2 Å². The number of rotatable bonds is 10. The van der Waals surface area contributed by atoms with Gasteiger partial charge in [0.1, 0.15) is 17.3 Å². The molecule has 3 aromatic carbocycles. The van der Waals surface area contributed by atoms with Crippen LogP contribution in [0, 0.1) is 6.92 Å². The van der Waals surface area contributed by atoms with Gasteiger partial charge in [-0.05, 0) is 54.3 Å². The third-order valence-corrected chi connectivity index (χ3v) is 7.79. The standard InChI is InChI=1S/C28H25F6N3O4S/c1-19-36-25(17-37(19)2)42(38,39)35-18-26(16-20-8-4-3-5-9-20,21-10-6-12-23(14-21)40-27(29,30)31)22-11-7-13-24(15-22)41-28(32,33)34/h3-15,17,35H,16,18H2,1-2H3. The summed E-state index contributed by atoms with van der Waals surface area (Å²) in [5.74, 6) is -0.786. The molecule has 0 saturated heterocycles. The van der Waals surface area contributed by atoms with Gasteiger partial charge in [0, 0.05) is 25.2 Å². The molecule has 0 atom stereocenters. The summed E-state index contributed by atoms with van der Waals surface area (Å²) in [6, 6.07) is 18.3. The molecule has 0 radical (unpaired) electrons. The maximum atomic E-state index is 13.3. The molecular formula is C28H25F6N3O4S. The van der Waals surface area contributed by atoms with Crippen molar-refractivity contribution in [2.45, 2.75) is 36.5 Å². The number of halogens is 6. The van der Waals surface area contributed by atoms with E-state index in [0.29, 0.717) is 11.4 Å². The largest absolute Gasteiger partial charge is 0.573 e. The Hall–Kier alpha value is -4.04. The van der Waals surface area contributed by atoms with E-state index in [1.165, 1.54) is 35.0 Å². The summed E-state index contributed by atoms with van der Waals surface area (Å²) in [6.07, 6.45) is -8.81. The second-order valence-electron chi connectivity index (χ2n) is 9.46. The molecule has 0 unspecified atom stereocenters. The highest BCUT2D eigenvalue weighted by molar-refractivity contribution is 7.89. The molecule has 0 saturated carbocycles. The zero-order valence-electron chi connectivity index (χ0n) is 22.2. The smallest absolute Gasteiger partial charge is 0.406 e. The van der Waals surface area contributed by atoms with Gasteiger partial charge in [0.2, 0.25) is 0 Å². The molecule has 1 N–H and O–H groups in total. The lowest BCUT2D eigenvalue weighted by Gasteiger charge is -2.36. The van der Waals surface area contributed by atoms with Crippen LogP contribution in [0.4, 0.5) is 26.3 Å². The van der Waals surface area contributed by atoms with Crippen LogP contribution in [0.15, 0.2) is 90.1 Å². The van der Waals surface area contributed by atoms with Gasteiger partial charge in [-0.25, -0.2) is 18.1 Å². The average Bonchev–Trinajstić information content (AvgIpc) is 3.24. The van der Waals surface area contributed by atoms with Crippen molar-refractivity contribution < 1.29 is 44.2 Å². The summed E-state index contributed by atoms with van der Waals surface area (Å²) in [4.78, 5) is 4.04. The van der Waals surface area contributed by atoms with Crippen LogP contribution in [0.2, 0.25) is 0 Å². The van der Waals surface area contributed by atoms with E-state index < -0.39 is 46.2 Å². The number of hydrogen-bond acceptors (Lipinski definition) is 5. The quantitative estimate of drug-likeness (QED) is 0.221. The van der Waals surface area contributed by atoms with E-state index in [4.69, 9.17) is 0 Å². The molecule has 0 fully saturated rings. The van der Waals surface area contributed by atoms with Gasteiger partial charge in [0.15, 0.2) is 5.03 Å². The molecule has 14 heteroatoms. The summed E-state index contributed by atoms with van der Waals surface area (Å²) in [5.41, 5.74) is -0.669. The molecule has 0 aliphatic rings. The van der Waals surface area contributed by atoms with Gasteiger partial charge in [-0.2, -0.15) is 0 Å². The van der Waals surface area contributed by atoms with E-state index in [-0.39, 0.29) is 22.6 Å². The zero-order valence-corrected chi connectivity index (χ0v) is 23.0. The zero-order chi connectivity index (χ0) is 30.8. The summed E-state index contributed by atoms with van der Waals surface area (Å²) in [5, 5.41) is -0.306. The number of hydrogen-bond donors (Lipinski definition) is 1. The SMILES string of the molecule is Cc1nc(S(=O)(=O)NCC(Cc2ccccc2)(c2cccc(OC(F)(F)F)c2)c2cccc(OC(F)(F)F)c2)cn1C. The molecule has 42 heavy (non-hydrogen) atoms. The molecule has 1 aromatic heterocycles. The van der Waals surface area contributed by atoms with Gasteiger partial charge in [-0.3, -0.25) is 0 Å². The Bertz CT molecular complexity index is 1560. The predicted octanol–water partition coefficient (Wildman–Crippen LogP) is 6.03. The highest BCUT2D eigenvalue weighted by atomic mass is 32.2. The Kier molecular flexibility index (Phi) is 8.60. The van der Waals surface area contributed by atoms with Gasteiger partial charge < -0.3 is 14.0 Å². The minimum absolute atomic E-state index is 0.0391. The van der Waals surface area contributed by atoms with Crippen molar-refractivity contribution >= 4 is 10.0 Å². The predicted molar refractivity (Wildman–Crippen MR) is 140 cm³/mol. The normalized spacial score (nSPS) is 12.8. The minimum atomic E-state index is -5.03. The first-order chi connectivity index (χ1) is 19.6. The van der Waals surface area contributed by atoms with E-state index in [1.54, 1.807) is 44.3 Å². The number of aryl methyl sites for hydroxylation is 2. The Morgan fingerprint density at radius 2 is 1.33 bits per heavy atom. The van der Waals surface area contributed by atoms with Crippen molar-refractivity contribution in [1.82, 2.24) is 14.3 Å². The van der Waals surface area contributed by atoms with Crippen molar-refractivity contribution in [3.05, 3.63) is 108 Å². The Morgan fingerprint density at radius 1 is 0.810 bits per heavy atom. The molecular weight excluding hydrogens is 588 g/mol. The van der Waals surface area contributed by atoms with Crippen LogP contribution in [0.25, 0.3) is 0 Å². The van der Waals surface area contributed by atoms with Crippen LogP contribution in [-0.2, 0) is 28.9 Å². The number of benzene rings is 3. The lowest BCUT2D eigenvalue weighted by atomic mass is 9.70. The molecule has 1 heterocycles. The summed E-state index contributed by atoms with van der Waals surface area (Å²) in [6.45, 7) is 1.11. The summed E-state index contributed by atoms with van der Waals surface area (Å²) >= 11 is 0. The number of aromatic nitrogens is 2. The number of nitrogens with zero attached hydrogens (tertiary/aromatic N) is 2. The minimum Gasteiger partial charge on any atom is -0.406 e. The van der Waals surface area contributed by atoms with Crippen LogP contribution in [0.1, 0.15) is 22.5 Å². The summed E-state index contributed by atoms with van der Waals surface area (Å²) in [7, 11) is -2.69. The lowest BCUT2D eigenvalue weighted by Crippen LogP contribution is -2.43. The van der Waals surface area contributed by atoms with Gasteiger partial charge in [-0.1, -0.05) is 54.6 Å².